The molecule has 1 atom stereocenters. The predicted octanol–water partition coefficient (Wildman–Crippen LogP) is 4.67. The summed E-state index contributed by atoms with van der Waals surface area (Å²) in [6.45, 7) is 2.21. The number of carbonyl (C=O) groups excluding carboxylic acids is 1. The van der Waals surface area contributed by atoms with E-state index in [0.717, 1.165) is 25.7 Å². The second-order valence-electron chi connectivity index (χ2n) is 7.35. The van der Waals surface area contributed by atoms with Gasteiger partial charge in [0, 0.05) is 16.3 Å². The standard InChI is InChI=1S/C19H21F2IN6O/c1-11(22)12-4-6-13(7-5-12)27-10-14(17(26-27)18(20)21)25-19(29)15-9-23-16-3-2-8-24-28(15)16/h2-3,8-13,18H,4-7H2,1H3,(H,25,29)/t11?,12-,13-. The van der Waals surface area contributed by atoms with Crippen molar-refractivity contribution in [1.29, 1.82) is 0 Å². The van der Waals surface area contributed by atoms with Gasteiger partial charge in [-0.2, -0.15) is 10.2 Å². The van der Waals surface area contributed by atoms with E-state index in [1.165, 1.54) is 23.1 Å². The smallest absolute Gasteiger partial charge is 0.284 e. The summed E-state index contributed by atoms with van der Waals surface area (Å²) in [7, 11) is 0. The highest BCUT2D eigenvalue weighted by Crippen LogP contribution is 2.37. The first kappa shape index (κ1) is 20.2. The Morgan fingerprint density at radius 2 is 2.07 bits per heavy atom. The highest BCUT2D eigenvalue weighted by atomic mass is 127. The zero-order chi connectivity index (χ0) is 20.5. The molecule has 1 fully saturated rings. The van der Waals surface area contributed by atoms with Crippen LogP contribution in [-0.2, 0) is 0 Å². The molecule has 3 aromatic rings. The zero-order valence-electron chi connectivity index (χ0n) is 15.8. The van der Waals surface area contributed by atoms with E-state index in [0.29, 0.717) is 15.5 Å². The summed E-state index contributed by atoms with van der Waals surface area (Å²) in [5, 5.41) is 10.8. The van der Waals surface area contributed by atoms with Crippen LogP contribution >= 0.6 is 22.6 Å². The molecule has 154 valence electrons. The van der Waals surface area contributed by atoms with Gasteiger partial charge < -0.3 is 5.32 Å². The first-order valence-corrected chi connectivity index (χ1v) is 10.8. The largest absolute Gasteiger partial charge is 0.317 e. The minimum atomic E-state index is -2.78. The summed E-state index contributed by atoms with van der Waals surface area (Å²) in [6.07, 6.45) is 5.53. The van der Waals surface area contributed by atoms with Gasteiger partial charge in [-0.3, -0.25) is 9.48 Å². The number of fused-ring (bicyclic) bond motifs is 1. The van der Waals surface area contributed by atoms with Crippen molar-refractivity contribution in [2.45, 2.75) is 49.0 Å². The number of amides is 1. The number of aromatic nitrogens is 5. The molecule has 1 saturated carbocycles. The number of nitrogens with one attached hydrogen (secondary N) is 1. The maximum atomic E-state index is 13.6. The molecule has 29 heavy (non-hydrogen) atoms. The number of anilines is 1. The number of hydrogen-bond acceptors (Lipinski definition) is 4. The Morgan fingerprint density at radius 3 is 2.76 bits per heavy atom. The Hall–Kier alpha value is -2.11. The lowest BCUT2D eigenvalue weighted by Gasteiger charge is -2.30. The van der Waals surface area contributed by atoms with E-state index < -0.39 is 18.0 Å². The van der Waals surface area contributed by atoms with Crippen molar-refractivity contribution in [3.63, 3.8) is 0 Å². The Labute approximate surface area is 180 Å². The van der Waals surface area contributed by atoms with Gasteiger partial charge >= 0.3 is 0 Å². The molecule has 3 aromatic heterocycles. The van der Waals surface area contributed by atoms with Gasteiger partial charge in [-0.05, 0) is 43.7 Å². The molecule has 0 aliphatic heterocycles. The van der Waals surface area contributed by atoms with Gasteiger partial charge in [0.1, 0.15) is 0 Å². The SMILES string of the molecule is CC(I)[C@H]1CC[C@H](n2cc(NC(=O)c3cnc4cccnn34)c(C(F)F)n2)CC1. The van der Waals surface area contributed by atoms with E-state index >= 15 is 0 Å². The number of rotatable bonds is 5. The minimum absolute atomic E-state index is 0.0280. The molecule has 10 heteroatoms. The van der Waals surface area contributed by atoms with Crippen molar-refractivity contribution >= 4 is 39.8 Å². The zero-order valence-corrected chi connectivity index (χ0v) is 18.0. The predicted molar refractivity (Wildman–Crippen MR) is 113 cm³/mol. The van der Waals surface area contributed by atoms with Crippen LogP contribution < -0.4 is 5.32 Å². The summed E-state index contributed by atoms with van der Waals surface area (Å²) in [6, 6.07) is 3.48. The quantitative estimate of drug-likeness (QED) is 0.397. The Balaban J connectivity index is 1.55. The van der Waals surface area contributed by atoms with Crippen LogP contribution in [0.1, 0.15) is 61.3 Å². The highest BCUT2D eigenvalue weighted by molar-refractivity contribution is 14.1. The van der Waals surface area contributed by atoms with Crippen molar-refractivity contribution in [2.24, 2.45) is 5.92 Å². The van der Waals surface area contributed by atoms with Crippen LogP contribution in [-0.4, -0.2) is 34.2 Å². The lowest BCUT2D eigenvalue weighted by atomic mass is 9.84. The number of alkyl halides is 3. The van der Waals surface area contributed by atoms with E-state index in [1.807, 2.05) is 0 Å². The summed E-state index contributed by atoms with van der Waals surface area (Å²) in [5.41, 5.74) is 0.290. The minimum Gasteiger partial charge on any atom is -0.317 e. The highest BCUT2D eigenvalue weighted by Gasteiger charge is 2.28. The molecule has 1 aliphatic carbocycles. The first-order valence-electron chi connectivity index (χ1n) is 9.55. The molecule has 1 unspecified atom stereocenters. The molecule has 1 amide bonds. The topological polar surface area (TPSA) is 77.1 Å². The molecule has 0 spiro atoms. The molecule has 1 N–H and O–H groups in total. The van der Waals surface area contributed by atoms with E-state index in [4.69, 9.17) is 0 Å². The van der Waals surface area contributed by atoms with E-state index in [-0.39, 0.29) is 17.4 Å². The van der Waals surface area contributed by atoms with Gasteiger partial charge in [-0.1, -0.05) is 29.5 Å². The Kier molecular flexibility index (Phi) is 5.79. The van der Waals surface area contributed by atoms with Gasteiger partial charge in [0.2, 0.25) is 0 Å². The van der Waals surface area contributed by atoms with Gasteiger partial charge in [-0.25, -0.2) is 18.3 Å². The molecule has 7 nitrogen and oxygen atoms in total. The summed E-state index contributed by atoms with van der Waals surface area (Å²) in [5.74, 6) is 0.0962. The van der Waals surface area contributed by atoms with Crippen molar-refractivity contribution in [2.75, 3.05) is 5.32 Å². The average molecular weight is 514 g/mol. The Bertz CT molecular complexity index is 1010. The number of nitrogens with zero attached hydrogens (tertiary/aromatic N) is 5. The molecule has 0 radical (unpaired) electrons. The van der Waals surface area contributed by atoms with Crippen LogP contribution in [0.15, 0.2) is 30.7 Å². The lowest BCUT2D eigenvalue weighted by molar-refractivity contribution is 0.101. The van der Waals surface area contributed by atoms with E-state index in [9.17, 15) is 13.6 Å². The maximum Gasteiger partial charge on any atom is 0.284 e. The third kappa shape index (κ3) is 4.12. The molecular formula is C19H21F2IN6O. The van der Waals surface area contributed by atoms with Gasteiger partial charge in [0.25, 0.3) is 12.3 Å². The molecule has 3 heterocycles. The fourth-order valence-electron chi connectivity index (χ4n) is 3.85. The third-order valence-corrected chi connectivity index (χ3v) is 6.51. The maximum absolute atomic E-state index is 13.6. The monoisotopic (exact) mass is 514 g/mol. The van der Waals surface area contributed by atoms with Crippen LogP contribution in [0.3, 0.4) is 0 Å². The average Bonchev–Trinajstić information content (AvgIpc) is 3.32. The number of halogens is 3. The second kappa shape index (κ2) is 8.33. The van der Waals surface area contributed by atoms with E-state index in [2.05, 4.69) is 50.0 Å². The molecular weight excluding hydrogens is 493 g/mol. The Morgan fingerprint density at radius 1 is 1.31 bits per heavy atom. The van der Waals surface area contributed by atoms with Crippen LogP contribution in [0.25, 0.3) is 5.65 Å². The van der Waals surface area contributed by atoms with Crippen LogP contribution in [0, 0.1) is 5.92 Å². The molecule has 0 saturated heterocycles. The summed E-state index contributed by atoms with van der Waals surface area (Å²) in [4.78, 5) is 16.8. The van der Waals surface area contributed by atoms with Crippen molar-refractivity contribution in [3.8, 4) is 0 Å². The second-order valence-corrected chi connectivity index (χ2v) is 9.31. The molecule has 1 aliphatic rings. The molecule has 0 bridgehead atoms. The normalized spacial score (nSPS) is 20.9. The van der Waals surface area contributed by atoms with Crippen molar-refractivity contribution in [3.05, 3.63) is 42.1 Å². The van der Waals surface area contributed by atoms with Crippen LogP contribution in [0.5, 0.6) is 0 Å². The fourth-order valence-corrected chi connectivity index (χ4v) is 4.57. The molecule has 4 rings (SSSR count). The van der Waals surface area contributed by atoms with Gasteiger partial charge in [-0.15, -0.1) is 0 Å². The van der Waals surface area contributed by atoms with Gasteiger partial charge in [0.05, 0.1) is 17.9 Å². The van der Waals surface area contributed by atoms with Crippen molar-refractivity contribution < 1.29 is 13.6 Å². The first-order chi connectivity index (χ1) is 13.9. The van der Waals surface area contributed by atoms with Crippen LogP contribution in [0.2, 0.25) is 0 Å². The van der Waals surface area contributed by atoms with Crippen LogP contribution in [0.4, 0.5) is 14.5 Å². The number of imidazole rings is 1. The number of hydrogen-bond donors (Lipinski definition) is 1. The van der Waals surface area contributed by atoms with Gasteiger partial charge in [0.15, 0.2) is 17.0 Å². The summed E-state index contributed by atoms with van der Waals surface area (Å²) < 4.78 is 30.7. The lowest BCUT2D eigenvalue weighted by Crippen LogP contribution is -2.22. The van der Waals surface area contributed by atoms with E-state index in [1.54, 1.807) is 16.8 Å². The fraction of sp³-hybridized carbons (Fsp3) is 0.474. The van der Waals surface area contributed by atoms with Crippen molar-refractivity contribution in [1.82, 2.24) is 24.4 Å². The summed E-state index contributed by atoms with van der Waals surface area (Å²) >= 11 is 2.44. The number of carbonyl (C=O) groups is 1. The molecule has 0 aromatic carbocycles. The third-order valence-electron chi connectivity index (χ3n) is 5.49.